The molecule has 0 aromatic carbocycles. The predicted molar refractivity (Wildman–Crippen MR) is 43.3 cm³/mol. The molecular formula is C8H14N2O. The molecular weight excluding hydrogens is 140 g/mol. The van der Waals surface area contributed by atoms with Gasteiger partial charge in [0.15, 0.2) is 0 Å². The summed E-state index contributed by atoms with van der Waals surface area (Å²) in [5, 5.41) is 13.3. The molecule has 0 saturated heterocycles. The van der Waals surface area contributed by atoms with Crippen LogP contribution < -0.4 is 0 Å². The van der Waals surface area contributed by atoms with Crippen LogP contribution in [0.5, 0.6) is 0 Å². The van der Waals surface area contributed by atoms with E-state index in [2.05, 4.69) is 5.10 Å². The van der Waals surface area contributed by atoms with Gasteiger partial charge in [-0.05, 0) is 19.9 Å². The third-order valence-corrected chi connectivity index (χ3v) is 1.67. The molecule has 1 aromatic heterocycles. The van der Waals surface area contributed by atoms with E-state index in [4.69, 9.17) is 5.11 Å². The summed E-state index contributed by atoms with van der Waals surface area (Å²) in [6.45, 7) is 3.77. The molecule has 1 atom stereocenters. The van der Waals surface area contributed by atoms with Gasteiger partial charge in [-0.15, -0.1) is 0 Å². The Morgan fingerprint density at radius 3 is 2.73 bits per heavy atom. The van der Waals surface area contributed by atoms with E-state index in [9.17, 15) is 0 Å². The topological polar surface area (TPSA) is 38.1 Å². The second-order valence-electron chi connectivity index (χ2n) is 2.95. The molecule has 0 aliphatic carbocycles. The quantitative estimate of drug-likeness (QED) is 0.679. The van der Waals surface area contributed by atoms with Crippen molar-refractivity contribution in [3.8, 4) is 0 Å². The van der Waals surface area contributed by atoms with Crippen LogP contribution in [-0.2, 0) is 13.5 Å². The van der Waals surface area contributed by atoms with E-state index in [1.165, 1.54) is 0 Å². The number of nitrogens with zero attached hydrogens (tertiary/aromatic N) is 2. The lowest BCUT2D eigenvalue weighted by molar-refractivity contribution is 0.194. The highest BCUT2D eigenvalue weighted by Gasteiger charge is 2.03. The van der Waals surface area contributed by atoms with Crippen LogP contribution in [0.2, 0.25) is 0 Å². The minimum atomic E-state index is -0.302. The number of hydrogen-bond acceptors (Lipinski definition) is 2. The van der Waals surface area contributed by atoms with Gasteiger partial charge in [-0.3, -0.25) is 4.68 Å². The third kappa shape index (κ3) is 2.05. The Kier molecular flexibility index (Phi) is 2.29. The van der Waals surface area contributed by atoms with Crippen LogP contribution in [0.15, 0.2) is 6.07 Å². The van der Waals surface area contributed by atoms with Crippen molar-refractivity contribution in [2.75, 3.05) is 0 Å². The maximum atomic E-state index is 9.06. The molecule has 0 saturated carbocycles. The molecule has 1 aromatic rings. The molecule has 3 heteroatoms. The van der Waals surface area contributed by atoms with Crippen molar-refractivity contribution in [2.24, 2.45) is 7.05 Å². The Hall–Kier alpha value is -0.830. The van der Waals surface area contributed by atoms with Crippen LogP contribution in [0.1, 0.15) is 18.3 Å². The lowest BCUT2D eigenvalue weighted by atomic mass is 10.2. The first-order chi connectivity index (χ1) is 5.09. The molecule has 0 spiro atoms. The summed E-state index contributed by atoms with van der Waals surface area (Å²) in [6.07, 6.45) is 0.339. The van der Waals surface area contributed by atoms with Crippen molar-refractivity contribution >= 4 is 0 Å². The minimum absolute atomic E-state index is 0.302. The molecule has 0 amide bonds. The zero-order valence-electron chi connectivity index (χ0n) is 7.20. The average Bonchev–Trinajstić information content (AvgIpc) is 2.10. The number of aryl methyl sites for hydroxylation is 2. The first kappa shape index (κ1) is 8.27. The van der Waals surface area contributed by atoms with Gasteiger partial charge in [-0.1, -0.05) is 0 Å². The van der Waals surface area contributed by atoms with Gasteiger partial charge in [0.05, 0.1) is 11.8 Å². The summed E-state index contributed by atoms with van der Waals surface area (Å²) in [5.41, 5.74) is 2.08. The summed E-state index contributed by atoms with van der Waals surface area (Å²) < 4.78 is 1.82. The van der Waals surface area contributed by atoms with Crippen molar-refractivity contribution in [3.05, 3.63) is 17.5 Å². The fourth-order valence-electron chi connectivity index (χ4n) is 1.04. The van der Waals surface area contributed by atoms with Crippen LogP contribution in [0.25, 0.3) is 0 Å². The van der Waals surface area contributed by atoms with E-state index in [1.807, 2.05) is 24.7 Å². The monoisotopic (exact) mass is 154 g/mol. The standard InChI is InChI=1S/C8H14N2O/c1-6-4-8(5-7(2)11)9-10(6)3/h4,7,11H,5H2,1-3H3/t7-/m1/s1. The molecule has 0 bridgehead atoms. The fraction of sp³-hybridized carbons (Fsp3) is 0.625. The largest absolute Gasteiger partial charge is 0.393 e. The van der Waals surface area contributed by atoms with E-state index in [1.54, 1.807) is 6.92 Å². The van der Waals surface area contributed by atoms with Gasteiger partial charge in [0.2, 0.25) is 0 Å². The molecule has 1 heterocycles. The molecule has 0 aliphatic heterocycles. The highest BCUT2D eigenvalue weighted by atomic mass is 16.3. The average molecular weight is 154 g/mol. The molecule has 0 aliphatic rings. The third-order valence-electron chi connectivity index (χ3n) is 1.67. The summed E-state index contributed by atoms with van der Waals surface area (Å²) in [6, 6.07) is 1.99. The summed E-state index contributed by atoms with van der Waals surface area (Å²) in [7, 11) is 1.90. The Morgan fingerprint density at radius 2 is 2.36 bits per heavy atom. The Morgan fingerprint density at radius 1 is 1.73 bits per heavy atom. The minimum Gasteiger partial charge on any atom is -0.393 e. The molecule has 0 fully saturated rings. The van der Waals surface area contributed by atoms with Crippen molar-refractivity contribution in [1.29, 1.82) is 0 Å². The van der Waals surface area contributed by atoms with Crippen molar-refractivity contribution in [2.45, 2.75) is 26.4 Å². The summed E-state index contributed by atoms with van der Waals surface area (Å²) >= 11 is 0. The number of rotatable bonds is 2. The fourth-order valence-corrected chi connectivity index (χ4v) is 1.04. The lowest BCUT2D eigenvalue weighted by Crippen LogP contribution is -2.05. The molecule has 1 rings (SSSR count). The van der Waals surface area contributed by atoms with Crippen LogP contribution in [0.4, 0.5) is 0 Å². The van der Waals surface area contributed by atoms with Gasteiger partial charge < -0.3 is 5.11 Å². The van der Waals surface area contributed by atoms with Gasteiger partial charge in [0, 0.05) is 19.2 Å². The van der Waals surface area contributed by atoms with Crippen LogP contribution >= 0.6 is 0 Å². The predicted octanol–water partition coefficient (Wildman–Crippen LogP) is 0.652. The van der Waals surface area contributed by atoms with Crippen LogP contribution in [0.3, 0.4) is 0 Å². The first-order valence-corrected chi connectivity index (χ1v) is 3.77. The maximum Gasteiger partial charge on any atom is 0.0652 e. The molecule has 11 heavy (non-hydrogen) atoms. The van der Waals surface area contributed by atoms with Gasteiger partial charge in [-0.25, -0.2) is 0 Å². The second-order valence-corrected chi connectivity index (χ2v) is 2.95. The number of aliphatic hydroxyl groups is 1. The molecule has 3 nitrogen and oxygen atoms in total. The van der Waals surface area contributed by atoms with E-state index in [0.717, 1.165) is 11.4 Å². The van der Waals surface area contributed by atoms with Crippen molar-refractivity contribution in [3.63, 3.8) is 0 Å². The number of aromatic nitrogens is 2. The van der Waals surface area contributed by atoms with Gasteiger partial charge in [0.1, 0.15) is 0 Å². The van der Waals surface area contributed by atoms with E-state index in [-0.39, 0.29) is 6.10 Å². The van der Waals surface area contributed by atoms with Gasteiger partial charge in [-0.2, -0.15) is 5.10 Å². The Bertz CT molecular complexity index is 221. The molecule has 1 N–H and O–H groups in total. The zero-order valence-corrected chi connectivity index (χ0v) is 7.20. The van der Waals surface area contributed by atoms with Crippen molar-refractivity contribution < 1.29 is 5.11 Å². The number of aliphatic hydroxyl groups excluding tert-OH is 1. The van der Waals surface area contributed by atoms with Crippen molar-refractivity contribution in [1.82, 2.24) is 9.78 Å². The Labute approximate surface area is 66.7 Å². The van der Waals surface area contributed by atoms with Gasteiger partial charge in [0.25, 0.3) is 0 Å². The molecule has 62 valence electrons. The van der Waals surface area contributed by atoms with E-state index >= 15 is 0 Å². The lowest BCUT2D eigenvalue weighted by Gasteiger charge is -1.97. The smallest absolute Gasteiger partial charge is 0.0652 e. The maximum absolute atomic E-state index is 9.06. The second kappa shape index (κ2) is 3.05. The Balaban J connectivity index is 2.73. The normalized spacial score (nSPS) is 13.5. The summed E-state index contributed by atoms with van der Waals surface area (Å²) in [4.78, 5) is 0. The summed E-state index contributed by atoms with van der Waals surface area (Å²) in [5.74, 6) is 0. The van der Waals surface area contributed by atoms with Crippen LogP contribution in [0, 0.1) is 6.92 Å². The molecule has 0 unspecified atom stereocenters. The SMILES string of the molecule is Cc1cc(C[C@@H](C)O)nn1C. The first-order valence-electron chi connectivity index (χ1n) is 3.77. The highest BCUT2D eigenvalue weighted by molar-refractivity contribution is 5.08. The highest BCUT2D eigenvalue weighted by Crippen LogP contribution is 2.03. The zero-order chi connectivity index (χ0) is 8.43. The number of hydrogen-bond donors (Lipinski definition) is 1. The van der Waals surface area contributed by atoms with Gasteiger partial charge >= 0.3 is 0 Å². The van der Waals surface area contributed by atoms with E-state index in [0.29, 0.717) is 6.42 Å². The molecule has 0 radical (unpaired) electrons. The van der Waals surface area contributed by atoms with E-state index < -0.39 is 0 Å². The van der Waals surface area contributed by atoms with Crippen LogP contribution in [-0.4, -0.2) is 21.0 Å².